The SMILES string of the molecule is COCCn1c(C(F)(F)F)nc2cc(N)ccc21. The topological polar surface area (TPSA) is 53.1 Å². The van der Waals surface area contributed by atoms with Gasteiger partial charge in [0.05, 0.1) is 17.6 Å². The van der Waals surface area contributed by atoms with Gasteiger partial charge in [0.25, 0.3) is 0 Å². The Morgan fingerprint density at radius 2 is 2.11 bits per heavy atom. The van der Waals surface area contributed by atoms with E-state index < -0.39 is 12.0 Å². The molecule has 18 heavy (non-hydrogen) atoms. The summed E-state index contributed by atoms with van der Waals surface area (Å²) in [5.74, 6) is -0.930. The second kappa shape index (κ2) is 4.49. The van der Waals surface area contributed by atoms with Crippen molar-refractivity contribution in [3.8, 4) is 0 Å². The molecule has 0 amide bonds. The van der Waals surface area contributed by atoms with Gasteiger partial charge in [-0.1, -0.05) is 0 Å². The van der Waals surface area contributed by atoms with Gasteiger partial charge in [-0.05, 0) is 18.2 Å². The van der Waals surface area contributed by atoms with E-state index in [1.54, 1.807) is 6.07 Å². The molecule has 0 aliphatic heterocycles. The zero-order valence-corrected chi connectivity index (χ0v) is 9.66. The molecule has 7 heteroatoms. The Morgan fingerprint density at radius 3 is 2.72 bits per heavy atom. The van der Waals surface area contributed by atoms with E-state index in [4.69, 9.17) is 10.5 Å². The number of hydrogen-bond donors (Lipinski definition) is 1. The quantitative estimate of drug-likeness (QED) is 0.860. The third-order valence-electron chi connectivity index (χ3n) is 2.54. The van der Waals surface area contributed by atoms with Crippen molar-refractivity contribution in [2.24, 2.45) is 0 Å². The Morgan fingerprint density at radius 1 is 1.39 bits per heavy atom. The third-order valence-corrected chi connectivity index (χ3v) is 2.54. The van der Waals surface area contributed by atoms with Gasteiger partial charge in [-0.25, -0.2) is 4.98 Å². The van der Waals surface area contributed by atoms with Crippen LogP contribution in [0, 0.1) is 0 Å². The predicted octanol–water partition coefficient (Wildman–Crippen LogP) is 2.28. The molecule has 1 aromatic carbocycles. The number of anilines is 1. The fourth-order valence-corrected chi connectivity index (χ4v) is 1.77. The van der Waals surface area contributed by atoms with Crippen molar-refractivity contribution in [1.29, 1.82) is 0 Å². The van der Waals surface area contributed by atoms with Gasteiger partial charge in [0.15, 0.2) is 0 Å². The molecular formula is C11H12F3N3O. The average molecular weight is 259 g/mol. The molecule has 2 N–H and O–H groups in total. The lowest BCUT2D eigenvalue weighted by Crippen LogP contribution is -2.16. The minimum absolute atomic E-state index is 0.0890. The van der Waals surface area contributed by atoms with E-state index in [9.17, 15) is 13.2 Å². The summed E-state index contributed by atoms with van der Waals surface area (Å²) >= 11 is 0. The first-order valence-electron chi connectivity index (χ1n) is 5.25. The average Bonchev–Trinajstić information content (AvgIpc) is 2.63. The number of hydrogen-bond acceptors (Lipinski definition) is 3. The van der Waals surface area contributed by atoms with Gasteiger partial charge in [-0.15, -0.1) is 0 Å². The summed E-state index contributed by atoms with van der Waals surface area (Å²) in [7, 11) is 1.43. The molecular weight excluding hydrogens is 247 g/mol. The van der Waals surface area contributed by atoms with Crippen molar-refractivity contribution >= 4 is 16.7 Å². The molecule has 0 saturated carbocycles. The molecule has 2 aromatic rings. The van der Waals surface area contributed by atoms with Crippen LogP contribution in [0.3, 0.4) is 0 Å². The lowest BCUT2D eigenvalue weighted by molar-refractivity contribution is -0.147. The highest BCUT2D eigenvalue weighted by atomic mass is 19.4. The van der Waals surface area contributed by atoms with Gasteiger partial charge in [0.1, 0.15) is 0 Å². The fraction of sp³-hybridized carbons (Fsp3) is 0.364. The van der Waals surface area contributed by atoms with Crippen LogP contribution in [0.5, 0.6) is 0 Å². The molecule has 0 spiro atoms. The van der Waals surface area contributed by atoms with E-state index in [0.717, 1.165) is 4.57 Å². The predicted molar refractivity (Wildman–Crippen MR) is 61.0 cm³/mol. The maximum absolute atomic E-state index is 12.9. The number of imidazole rings is 1. The molecule has 0 saturated heterocycles. The largest absolute Gasteiger partial charge is 0.449 e. The van der Waals surface area contributed by atoms with Crippen LogP contribution < -0.4 is 5.73 Å². The summed E-state index contributed by atoms with van der Waals surface area (Å²) in [5, 5.41) is 0. The smallest absolute Gasteiger partial charge is 0.399 e. The van der Waals surface area contributed by atoms with Crippen LogP contribution in [0.2, 0.25) is 0 Å². The van der Waals surface area contributed by atoms with Crippen molar-refractivity contribution in [3.63, 3.8) is 0 Å². The molecule has 98 valence electrons. The van der Waals surface area contributed by atoms with Gasteiger partial charge in [-0.2, -0.15) is 13.2 Å². The van der Waals surface area contributed by atoms with Crippen molar-refractivity contribution in [3.05, 3.63) is 24.0 Å². The highest BCUT2D eigenvalue weighted by Gasteiger charge is 2.37. The number of halogens is 3. The fourth-order valence-electron chi connectivity index (χ4n) is 1.77. The Balaban J connectivity index is 2.60. The first-order chi connectivity index (χ1) is 8.43. The first kappa shape index (κ1) is 12.7. The standard InChI is InChI=1S/C11H12F3N3O/c1-18-5-4-17-9-3-2-7(15)6-8(9)16-10(17)11(12,13)14/h2-3,6H,4-5,15H2,1H3. The molecule has 0 unspecified atom stereocenters. The molecule has 1 heterocycles. The molecule has 4 nitrogen and oxygen atoms in total. The van der Waals surface area contributed by atoms with Crippen molar-refractivity contribution < 1.29 is 17.9 Å². The monoisotopic (exact) mass is 259 g/mol. The number of nitrogens with zero attached hydrogens (tertiary/aromatic N) is 2. The van der Waals surface area contributed by atoms with Crippen LogP contribution in [0.25, 0.3) is 11.0 Å². The molecule has 0 radical (unpaired) electrons. The third kappa shape index (κ3) is 2.26. The summed E-state index contributed by atoms with van der Waals surface area (Å²) in [5.41, 5.74) is 6.55. The molecule has 0 bridgehead atoms. The molecule has 0 fully saturated rings. The van der Waals surface area contributed by atoms with Gasteiger partial charge >= 0.3 is 6.18 Å². The first-order valence-corrected chi connectivity index (χ1v) is 5.25. The second-order valence-electron chi connectivity index (χ2n) is 3.83. The van der Waals surface area contributed by atoms with Gasteiger partial charge < -0.3 is 15.0 Å². The van der Waals surface area contributed by atoms with E-state index in [1.807, 2.05) is 0 Å². The maximum atomic E-state index is 12.9. The van der Waals surface area contributed by atoms with Gasteiger partial charge in [0.2, 0.25) is 5.82 Å². The summed E-state index contributed by atoms with van der Waals surface area (Å²) in [6.45, 7) is 0.269. The normalized spacial score (nSPS) is 12.2. The molecule has 2 rings (SSSR count). The number of alkyl halides is 3. The Labute approximate surface area is 101 Å². The minimum Gasteiger partial charge on any atom is -0.399 e. The summed E-state index contributed by atoms with van der Waals surface area (Å²) in [4.78, 5) is 3.60. The van der Waals surface area contributed by atoms with E-state index in [2.05, 4.69) is 4.98 Å². The Kier molecular flexibility index (Phi) is 3.16. The summed E-state index contributed by atoms with van der Waals surface area (Å²) < 4.78 is 44.5. The maximum Gasteiger partial charge on any atom is 0.449 e. The molecule has 1 aromatic heterocycles. The lowest BCUT2D eigenvalue weighted by atomic mass is 10.3. The number of rotatable bonds is 3. The van der Waals surface area contributed by atoms with Crippen LogP contribution in [0.15, 0.2) is 18.2 Å². The molecule has 0 aliphatic carbocycles. The number of aromatic nitrogens is 2. The van der Waals surface area contributed by atoms with Crippen molar-refractivity contribution in [2.75, 3.05) is 19.5 Å². The number of methoxy groups -OCH3 is 1. The van der Waals surface area contributed by atoms with E-state index >= 15 is 0 Å². The van der Waals surface area contributed by atoms with Gasteiger partial charge in [0, 0.05) is 19.3 Å². The van der Waals surface area contributed by atoms with Crippen LogP contribution in [0.4, 0.5) is 18.9 Å². The Bertz CT molecular complexity index is 562. The number of fused-ring (bicyclic) bond motifs is 1. The van der Waals surface area contributed by atoms with Crippen LogP contribution in [0.1, 0.15) is 5.82 Å². The zero-order chi connectivity index (χ0) is 13.3. The van der Waals surface area contributed by atoms with E-state index in [0.29, 0.717) is 11.2 Å². The van der Waals surface area contributed by atoms with Crippen LogP contribution in [-0.4, -0.2) is 23.3 Å². The lowest BCUT2D eigenvalue weighted by Gasteiger charge is -2.10. The number of nitrogen functional groups attached to an aromatic ring is 1. The molecule has 0 aliphatic rings. The van der Waals surface area contributed by atoms with Crippen LogP contribution in [-0.2, 0) is 17.5 Å². The minimum atomic E-state index is -4.50. The highest BCUT2D eigenvalue weighted by Crippen LogP contribution is 2.31. The second-order valence-corrected chi connectivity index (χ2v) is 3.83. The summed E-state index contributed by atoms with van der Waals surface area (Å²) in [6, 6.07) is 4.50. The number of nitrogens with two attached hydrogens (primary N) is 1. The number of ether oxygens (including phenoxy) is 1. The summed E-state index contributed by atoms with van der Waals surface area (Å²) in [6.07, 6.45) is -4.50. The van der Waals surface area contributed by atoms with Crippen molar-refractivity contribution in [1.82, 2.24) is 9.55 Å². The molecule has 0 atom stereocenters. The van der Waals surface area contributed by atoms with Crippen LogP contribution >= 0.6 is 0 Å². The zero-order valence-electron chi connectivity index (χ0n) is 9.66. The highest BCUT2D eigenvalue weighted by molar-refractivity contribution is 5.79. The van der Waals surface area contributed by atoms with Crippen molar-refractivity contribution in [2.45, 2.75) is 12.7 Å². The number of benzene rings is 1. The Hall–Kier alpha value is -1.76. The van der Waals surface area contributed by atoms with E-state index in [1.165, 1.54) is 19.2 Å². The van der Waals surface area contributed by atoms with Gasteiger partial charge in [-0.3, -0.25) is 0 Å². The van der Waals surface area contributed by atoms with E-state index in [-0.39, 0.29) is 18.7 Å².